The molecule has 0 saturated carbocycles. The van der Waals surface area contributed by atoms with E-state index < -0.39 is 6.10 Å². The first-order valence-corrected chi connectivity index (χ1v) is 12.2. The topological polar surface area (TPSA) is 91.7 Å². The van der Waals surface area contributed by atoms with Crippen LogP contribution >= 0.6 is 0 Å². The third-order valence-corrected chi connectivity index (χ3v) is 6.49. The molecule has 2 aromatic carbocycles. The van der Waals surface area contributed by atoms with Gasteiger partial charge < -0.3 is 20.5 Å². The lowest BCUT2D eigenvalue weighted by Gasteiger charge is -2.34. The van der Waals surface area contributed by atoms with Gasteiger partial charge in [-0.15, -0.1) is 0 Å². The fourth-order valence-electron chi connectivity index (χ4n) is 4.46. The average Bonchev–Trinajstić information content (AvgIpc) is 3.25. The Morgan fingerprint density at radius 2 is 2.08 bits per heavy atom. The Hall–Kier alpha value is -3.27. The summed E-state index contributed by atoms with van der Waals surface area (Å²) in [5.41, 5.74) is 2.90. The second kappa shape index (κ2) is 11.2. The van der Waals surface area contributed by atoms with Gasteiger partial charge in [-0.1, -0.05) is 12.1 Å². The smallest absolute Gasteiger partial charge is 0.257 e. The molecule has 1 amide bonds. The van der Waals surface area contributed by atoms with E-state index in [1.165, 1.54) is 6.07 Å². The summed E-state index contributed by atoms with van der Waals surface area (Å²) in [5.74, 6) is 0.312. The highest BCUT2D eigenvalue weighted by Gasteiger charge is 2.24. The van der Waals surface area contributed by atoms with E-state index in [-0.39, 0.29) is 18.3 Å². The van der Waals surface area contributed by atoms with Crippen molar-refractivity contribution < 1.29 is 19.0 Å². The molecule has 2 heterocycles. The highest BCUT2D eigenvalue weighted by molar-refractivity contribution is 6.05. The number of carbonyl (C=O) groups excluding carboxylic acids is 1. The largest absolute Gasteiger partial charge is 0.484 e. The second-order valence-corrected chi connectivity index (χ2v) is 9.49. The first-order chi connectivity index (χ1) is 17.2. The van der Waals surface area contributed by atoms with Gasteiger partial charge in [-0.3, -0.25) is 14.4 Å². The maximum atomic E-state index is 14.5. The fourth-order valence-corrected chi connectivity index (χ4v) is 4.46. The lowest BCUT2D eigenvalue weighted by Crippen LogP contribution is -2.50. The van der Waals surface area contributed by atoms with E-state index >= 15 is 0 Å². The number of nitrogens with zero attached hydrogens (tertiary/aromatic N) is 3. The van der Waals surface area contributed by atoms with Crippen molar-refractivity contribution in [1.29, 1.82) is 0 Å². The van der Waals surface area contributed by atoms with Crippen LogP contribution in [0.1, 0.15) is 45.6 Å². The first-order valence-electron chi connectivity index (χ1n) is 12.2. The van der Waals surface area contributed by atoms with Crippen LogP contribution in [0.5, 0.6) is 5.75 Å². The van der Waals surface area contributed by atoms with Gasteiger partial charge in [-0.25, -0.2) is 4.39 Å². The molecule has 0 radical (unpaired) electrons. The summed E-state index contributed by atoms with van der Waals surface area (Å²) >= 11 is 0. The number of carbonyl (C=O) groups is 1. The monoisotopic (exact) mass is 495 g/mol. The van der Waals surface area contributed by atoms with E-state index in [0.717, 1.165) is 25.2 Å². The number of halogens is 1. The zero-order valence-electron chi connectivity index (χ0n) is 21.2. The number of aryl methyl sites for hydroxylation is 3. The highest BCUT2D eigenvalue weighted by atomic mass is 19.1. The molecule has 2 atom stereocenters. The molecular weight excluding hydrogens is 461 g/mol. The van der Waals surface area contributed by atoms with Crippen LogP contribution in [0.2, 0.25) is 0 Å². The molecule has 0 bridgehead atoms. The zero-order valence-corrected chi connectivity index (χ0v) is 21.2. The summed E-state index contributed by atoms with van der Waals surface area (Å²) in [5, 5.41) is 20.5. The van der Waals surface area contributed by atoms with Crippen molar-refractivity contribution in [2.75, 3.05) is 31.5 Å². The fraction of sp³-hybridized carbons (Fsp3) is 0.407. The van der Waals surface area contributed by atoms with Crippen molar-refractivity contribution in [3.63, 3.8) is 0 Å². The predicted octanol–water partition coefficient (Wildman–Crippen LogP) is 3.33. The quantitative estimate of drug-likeness (QED) is 0.444. The number of benzene rings is 2. The van der Waals surface area contributed by atoms with Crippen LogP contribution in [-0.4, -0.2) is 57.9 Å². The Balaban J connectivity index is 1.61. The number of hydrogen-bond donors (Lipinski definition) is 3. The van der Waals surface area contributed by atoms with Crippen molar-refractivity contribution in [2.45, 2.75) is 39.5 Å². The van der Waals surface area contributed by atoms with Gasteiger partial charge in [0.25, 0.3) is 5.91 Å². The Morgan fingerprint density at radius 1 is 1.28 bits per heavy atom. The van der Waals surface area contributed by atoms with Gasteiger partial charge in [0.1, 0.15) is 17.7 Å². The van der Waals surface area contributed by atoms with Crippen LogP contribution in [0, 0.1) is 19.7 Å². The summed E-state index contributed by atoms with van der Waals surface area (Å²) < 4.78 is 22.5. The molecular formula is C27H34FN5O3. The molecule has 1 aliphatic heterocycles. The van der Waals surface area contributed by atoms with Crippen LogP contribution in [0.3, 0.4) is 0 Å². The third-order valence-electron chi connectivity index (χ3n) is 6.49. The van der Waals surface area contributed by atoms with E-state index in [1.807, 2.05) is 13.0 Å². The summed E-state index contributed by atoms with van der Waals surface area (Å²) in [7, 11) is 1.77. The lowest BCUT2D eigenvalue weighted by molar-refractivity contribution is 0.102. The van der Waals surface area contributed by atoms with Crippen LogP contribution in [-0.2, 0) is 13.7 Å². The number of rotatable bonds is 8. The number of piperazine rings is 1. The number of nitrogens with one attached hydrogen (secondary N) is 2. The van der Waals surface area contributed by atoms with E-state index in [2.05, 4.69) is 27.6 Å². The molecule has 1 aliphatic rings. The maximum absolute atomic E-state index is 14.5. The van der Waals surface area contributed by atoms with Crippen LogP contribution in [0.15, 0.2) is 42.6 Å². The van der Waals surface area contributed by atoms with E-state index in [4.69, 9.17) is 4.74 Å². The minimum atomic E-state index is -0.455. The predicted molar refractivity (Wildman–Crippen MR) is 137 cm³/mol. The van der Waals surface area contributed by atoms with E-state index in [0.29, 0.717) is 46.4 Å². The number of hydrogen-bond acceptors (Lipinski definition) is 6. The summed E-state index contributed by atoms with van der Waals surface area (Å²) in [6, 6.07) is 10.6. The SMILES string of the molecule is Cc1ccc([C@@H](CN2CCN[C@H](C)C2)Oc2cc(C)c(C(=O)Nc3ccn(C)n3)cc2CO)cc1F. The summed E-state index contributed by atoms with van der Waals surface area (Å²) in [4.78, 5) is 15.2. The number of aliphatic hydroxyl groups excluding tert-OH is 1. The number of aliphatic hydroxyl groups is 1. The van der Waals surface area contributed by atoms with Gasteiger partial charge in [0.05, 0.1) is 6.61 Å². The van der Waals surface area contributed by atoms with Crippen LogP contribution in [0.4, 0.5) is 10.2 Å². The molecule has 1 fully saturated rings. The average molecular weight is 496 g/mol. The van der Waals surface area contributed by atoms with Gasteiger partial charge in [0.15, 0.2) is 5.82 Å². The van der Waals surface area contributed by atoms with Crippen molar-refractivity contribution in [3.05, 3.63) is 76.2 Å². The maximum Gasteiger partial charge on any atom is 0.257 e. The highest BCUT2D eigenvalue weighted by Crippen LogP contribution is 2.30. The minimum Gasteiger partial charge on any atom is -0.484 e. The first kappa shape index (κ1) is 25.8. The number of anilines is 1. The van der Waals surface area contributed by atoms with Crippen molar-refractivity contribution in [2.24, 2.45) is 7.05 Å². The van der Waals surface area contributed by atoms with Gasteiger partial charge in [-0.2, -0.15) is 5.10 Å². The normalized spacial score (nSPS) is 17.1. The minimum absolute atomic E-state index is 0.283. The summed E-state index contributed by atoms with van der Waals surface area (Å²) in [6.07, 6.45) is 1.29. The molecule has 3 N–H and O–H groups in total. The van der Waals surface area contributed by atoms with Crippen LogP contribution in [0.25, 0.3) is 0 Å². The molecule has 0 aliphatic carbocycles. The molecule has 1 aromatic heterocycles. The van der Waals surface area contributed by atoms with Crippen molar-refractivity contribution in [3.8, 4) is 5.75 Å². The Kier molecular flexibility index (Phi) is 8.03. The molecule has 192 valence electrons. The standard InChI is InChI=1S/C27H34FN5O3/c1-17-5-6-20(13-23(17)28)25(15-33-10-8-29-19(3)14-33)36-24-11-18(2)22(12-21(24)16-34)27(35)30-26-7-9-32(4)31-26/h5-7,9,11-13,19,25,29,34H,8,10,14-16H2,1-4H3,(H,30,31,35)/t19-,25-/m1/s1. The van der Waals surface area contributed by atoms with Crippen molar-refractivity contribution >= 4 is 11.7 Å². The molecule has 1 saturated heterocycles. The van der Waals surface area contributed by atoms with E-state index in [1.54, 1.807) is 49.1 Å². The van der Waals surface area contributed by atoms with Gasteiger partial charge >= 0.3 is 0 Å². The molecule has 36 heavy (non-hydrogen) atoms. The Morgan fingerprint density at radius 3 is 2.75 bits per heavy atom. The van der Waals surface area contributed by atoms with Gasteiger partial charge in [0.2, 0.25) is 0 Å². The number of aromatic nitrogens is 2. The van der Waals surface area contributed by atoms with E-state index in [9.17, 15) is 14.3 Å². The molecule has 0 unspecified atom stereocenters. The number of amides is 1. The van der Waals surface area contributed by atoms with Gasteiger partial charge in [-0.05, 0) is 55.7 Å². The van der Waals surface area contributed by atoms with Crippen LogP contribution < -0.4 is 15.4 Å². The molecule has 4 rings (SSSR count). The van der Waals surface area contributed by atoms with Gasteiger partial charge in [0, 0.05) is 62.7 Å². The Labute approximate surface area is 211 Å². The summed E-state index contributed by atoms with van der Waals surface area (Å²) in [6.45, 7) is 8.53. The molecule has 9 heteroatoms. The second-order valence-electron chi connectivity index (χ2n) is 9.49. The zero-order chi connectivity index (χ0) is 25.8. The number of ether oxygens (including phenoxy) is 1. The Bertz CT molecular complexity index is 1230. The third kappa shape index (κ3) is 6.10. The van der Waals surface area contributed by atoms with Crippen molar-refractivity contribution in [1.82, 2.24) is 20.0 Å². The molecule has 0 spiro atoms. The molecule has 3 aromatic rings. The molecule has 8 nitrogen and oxygen atoms in total. The lowest BCUT2D eigenvalue weighted by atomic mass is 10.0.